The van der Waals surface area contributed by atoms with Gasteiger partial charge in [0.15, 0.2) is 0 Å². The standard InChI is InChI=1S/C28H36N2O5S2/c1-27(2)14-19-15-28(3,16-27)17-30(19)37(33,34)20-12-10-18(11-13-20)24(31)29-25-23(26(32)35-4)21-8-6-5-7-9-22(21)36-25/h10-13,19H,5-9,14-17H2,1-4H3,(H,29,31). The first kappa shape index (κ1) is 26.4. The van der Waals surface area contributed by atoms with Gasteiger partial charge in [0.2, 0.25) is 10.0 Å². The number of esters is 1. The molecule has 37 heavy (non-hydrogen) atoms. The van der Waals surface area contributed by atoms with E-state index in [9.17, 15) is 18.0 Å². The first-order valence-electron chi connectivity index (χ1n) is 13.1. The molecule has 2 fully saturated rings. The van der Waals surface area contributed by atoms with Gasteiger partial charge < -0.3 is 10.1 Å². The van der Waals surface area contributed by atoms with Crippen molar-refractivity contribution in [2.24, 2.45) is 10.8 Å². The number of aryl methyl sites for hydroxylation is 1. The largest absolute Gasteiger partial charge is 0.465 e. The summed E-state index contributed by atoms with van der Waals surface area (Å²) >= 11 is 1.44. The molecule has 1 aromatic heterocycles. The van der Waals surface area contributed by atoms with Crippen LogP contribution in [0, 0.1) is 10.8 Å². The van der Waals surface area contributed by atoms with Crippen molar-refractivity contribution in [2.75, 3.05) is 19.0 Å². The van der Waals surface area contributed by atoms with Crippen molar-refractivity contribution in [1.82, 2.24) is 4.31 Å². The molecular formula is C28H36N2O5S2. The molecule has 1 aliphatic heterocycles. The zero-order valence-electron chi connectivity index (χ0n) is 22.1. The number of anilines is 1. The number of benzene rings is 1. The van der Waals surface area contributed by atoms with E-state index in [1.165, 1.54) is 30.6 Å². The van der Waals surface area contributed by atoms with Crippen molar-refractivity contribution >= 4 is 38.2 Å². The molecule has 1 N–H and O–H groups in total. The SMILES string of the molecule is COC(=O)c1c(NC(=O)c2ccc(S(=O)(=O)N3CC4(C)CC3CC(C)(C)C4)cc2)sc2c1CCCCC2. The number of carbonyl (C=O) groups excluding carboxylic acids is 2. The maximum atomic E-state index is 13.6. The highest BCUT2D eigenvalue weighted by molar-refractivity contribution is 7.89. The van der Waals surface area contributed by atoms with Gasteiger partial charge in [-0.15, -0.1) is 11.3 Å². The zero-order valence-corrected chi connectivity index (χ0v) is 23.7. The summed E-state index contributed by atoms with van der Waals surface area (Å²) in [4.78, 5) is 27.0. The Labute approximate surface area is 223 Å². The van der Waals surface area contributed by atoms with Crippen molar-refractivity contribution in [1.29, 1.82) is 0 Å². The van der Waals surface area contributed by atoms with Gasteiger partial charge in [0.25, 0.3) is 5.91 Å². The molecule has 2 heterocycles. The highest BCUT2D eigenvalue weighted by Gasteiger charge is 2.53. The van der Waals surface area contributed by atoms with E-state index in [0.717, 1.165) is 61.8 Å². The number of sulfonamides is 1. The Bertz CT molecular complexity index is 1330. The number of hydrogen-bond acceptors (Lipinski definition) is 6. The first-order valence-corrected chi connectivity index (χ1v) is 15.3. The molecule has 3 aliphatic rings. The van der Waals surface area contributed by atoms with Crippen LogP contribution in [0.3, 0.4) is 0 Å². The van der Waals surface area contributed by atoms with Crippen LogP contribution < -0.4 is 5.32 Å². The van der Waals surface area contributed by atoms with E-state index >= 15 is 0 Å². The number of hydrogen-bond donors (Lipinski definition) is 1. The second kappa shape index (κ2) is 9.50. The van der Waals surface area contributed by atoms with Crippen molar-refractivity contribution in [3.63, 3.8) is 0 Å². The molecule has 1 aromatic carbocycles. The number of thiophene rings is 1. The molecule has 200 valence electrons. The van der Waals surface area contributed by atoms with Crippen LogP contribution in [0.1, 0.15) is 90.5 Å². The number of fused-ring (bicyclic) bond motifs is 3. The topological polar surface area (TPSA) is 92.8 Å². The Morgan fingerprint density at radius 3 is 2.46 bits per heavy atom. The normalized spacial score (nSPS) is 25.2. The van der Waals surface area contributed by atoms with Gasteiger partial charge in [0, 0.05) is 23.0 Å². The summed E-state index contributed by atoms with van der Waals surface area (Å²) in [7, 11) is -2.32. The molecule has 1 saturated heterocycles. The highest BCUT2D eigenvalue weighted by Crippen LogP contribution is 2.53. The Morgan fingerprint density at radius 2 is 1.76 bits per heavy atom. The third kappa shape index (κ3) is 4.98. The van der Waals surface area contributed by atoms with E-state index in [2.05, 4.69) is 26.1 Å². The molecule has 1 saturated carbocycles. The lowest BCUT2D eigenvalue weighted by Crippen LogP contribution is -2.37. The van der Waals surface area contributed by atoms with Crippen LogP contribution in [-0.2, 0) is 27.6 Å². The van der Waals surface area contributed by atoms with Crippen LogP contribution in [0.4, 0.5) is 5.00 Å². The summed E-state index contributed by atoms with van der Waals surface area (Å²) in [5.74, 6) is -0.819. The van der Waals surface area contributed by atoms with Crippen molar-refractivity contribution < 1.29 is 22.7 Å². The van der Waals surface area contributed by atoms with Crippen LogP contribution in [-0.4, -0.2) is 44.3 Å². The summed E-state index contributed by atoms with van der Waals surface area (Å²) in [6.07, 6.45) is 7.64. The minimum Gasteiger partial charge on any atom is -0.465 e. The molecule has 7 nitrogen and oxygen atoms in total. The second-order valence-corrected chi connectivity index (χ2v) is 15.0. The highest BCUT2D eigenvalue weighted by atomic mass is 32.2. The molecule has 0 radical (unpaired) electrons. The molecule has 1 amide bonds. The van der Waals surface area contributed by atoms with E-state index < -0.39 is 16.0 Å². The van der Waals surface area contributed by atoms with E-state index in [0.29, 0.717) is 22.7 Å². The minimum absolute atomic E-state index is 0.00442. The smallest absolute Gasteiger partial charge is 0.341 e. The molecule has 2 aliphatic carbocycles. The fourth-order valence-corrected chi connectivity index (χ4v) is 9.97. The Morgan fingerprint density at radius 1 is 1.05 bits per heavy atom. The fraction of sp³-hybridized carbons (Fsp3) is 0.571. The number of nitrogens with one attached hydrogen (secondary N) is 1. The number of amides is 1. The van der Waals surface area contributed by atoms with Crippen LogP contribution in [0.15, 0.2) is 29.2 Å². The molecule has 2 unspecified atom stereocenters. The number of ether oxygens (including phenoxy) is 1. The summed E-state index contributed by atoms with van der Waals surface area (Å²) in [5.41, 5.74) is 1.89. The van der Waals surface area contributed by atoms with Gasteiger partial charge in [-0.2, -0.15) is 4.31 Å². The third-order valence-corrected chi connectivity index (χ3v) is 11.2. The molecule has 9 heteroatoms. The van der Waals surface area contributed by atoms with Gasteiger partial charge in [-0.25, -0.2) is 13.2 Å². The van der Waals surface area contributed by atoms with Gasteiger partial charge in [-0.1, -0.05) is 27.2 Å². The molecule has 2 aromatic rings. The molecule has 5 rings (SSSR count). The Hall–Kier alpha value is -2.23. The molecule has 0 spiro atoms. The number of methoxy groups -OCH3 is 1. The molecule has 2 atom stereocenters. The van der Waals surface area contributed by atoms with Gasteiger partial charge in [0.1, 0.15) is 5.00 Å². The average Bonchev–Trinajstić information content (AvgIpc) is 3.19. The fourth-order valence-electron chi connectivity index (χ4n) is 6.93. The third-order valence-electron chi connectivity index (χ3n) is 8.13. The average molecular weight is 545 g/mol. The van der Waals surface area contributed by atoms with Gasteiger partial charge in [-0.3, -0.25) is 4.79 Å². The predicted molar refractivity (Wildman–Crippen MR) is 145 cm³/mol. The quantitative estimate of drug-likeness (QED) is 0.388. The predicted octanol–water partition coefficient (Wildman–Crippen LogP) is 5.65. The molecular weight excluding hydrogens is 508 g/mol. The summed E-state index contributed by atoms with van der Waals surface area (Å²) in [5, 5.41) is 3.40. The summed E-state index contributed by atoms with van der Waals surface area (Å²) in [6, 6.07) is 6.14. The van der Waals surface area contributed by atoms with Gasteiger partial charge in [0.05, 0.1) is 17.6 Å². The second-order valence-electron chi connectivity index (χ2n) is 12.0. The van der Waals surface area contributed by atoms with E-state index in [1.54, 1.807) is 16.4 Å². The lowest BCUT2D eigenvalue weighted by molar-refractivity contribution is 0.0601. The van der Waals surface area contributed by atoms with E-state index in [-0.39, 0.29) is 27.7 Å². The van der Waals surface area contributed by atoms with Crippen LogP contribution in [0.5, 0.6) is 0 Å². The maximum Gasteiger partial charge on any atom is 0.341 e. The first-order chi connectivity index (χ1) is 17.4. The van der Waals surface area contributed by atoms with Gasteiger partial charge in [-0.05, 0) is 85.6 Å². The lowest BCUT2D eigenvalue weighted by Gasteiger charge is -2.39. The summed E-state index contributed by atoms with van der Waals surface area (Å²) in [6.45, 7) is 7.16. The lowest BCUT2D eigenvalue weighted by atomic mass is 9.65. The Balaban J connectivity index is 1.36. The number of carbonyl (C=O) groups is 2. The minimum atomic E-state index is -3.67. The van der Waals surface area contributed by atoms with Crippen LogP contribution in [0.25, 0.3) is 0 Å². The van der Waals surface area contributed by atoms with Crippen LogP contribution >= 0.6 is 11.3 Å². The number of rotatable bonds is 5. The number of nitrogens with zero attached hydrogens (tertiary/aromatic N) is 1. The van der Waals surface area contributed by atoms with Crippen molar-refractivity contribution in [2.45, 2.75) is 83.1 Å². The van der Waals surface area contributed by atoms with Crippen LogP contribution in [0.2, 0.25) is 0 Å². The zero-order chi connectivity index (χ0) is 26.6. The monoisotopic (exact) mass is 544 g/mol. The van der Waals surface area contributed by atoms with Gasteiger partial charge >= 0.3 is 5.97 Å². The molecule has 2 bridgehead atoms. The summed E-state index contributed by atoms with van der Waals surface area (Å²) < 4.78 is 33.8. The maximum absolute atomic E-state index is 13.6. The van der Waals surface area contributed by atoms with E-state index in [4.69, 9.17) is 4.74 Å². The van der Waals surface area contributed by atoms with Crippen molar-refractivity contribution in [3.05, 3.63) is 45.8 Å². The van der Waals surface area contributed by atoms with E-state index in [1.807, 2.05) is 0 Å². The van der Waals surface area contributed by atoms with Crippen molar-refractivity contribution in [3.8, 4) is 0 Å². The Kier molecular flexibility index (Phi) is 6.78.